The first-order chi connectivity index (χ1) is 32.1. The number of nitrogens with zero attached hydrogens (tertiary/aromatic N) is 2. The Morgan fingerprint density at radius 3 is 1.86 bits per heavy atom. The summed E-state index contributed by atoms with van der Waals surface area (Å²) in [5, 5.41) is 4.66. The molecule has 3 heteroatoms. The number of anilines is 3. The Bertz CT molecular complexity index is 3640. The van der Waals surface area contributed by atoms with E-state index >= 15 is 0 Å². The van der Waals surface area contributed by atoms with Gasteiger partial charge < -0.3 is 13.9 Å². The second-order valence-electron chi connectivity index (χ2n) is 16.8. The van der Waals surface area contributed by atoms with E-state index in [4.69, 9.17) is 4.42 Å². The van der Waals surface area contributed by atoms with Gasteiger partial charge >= 0.3 is 0 Å². The number of furan rings is 1. The minimum atomic E-state index is -0.528. The maximum absolute atomic E-state index is 6.53. The molecular formula is C62H44N2O. The van der Waals surface area contributed by atoms with Gasteiger partial charge in [0.1, 0.15) is 11.2 Å². The number of hydrogen-bond acceptors (Lipinski definition) is 2. The van der Waals surface area contributed by atoms with Crippen LogP contribution in [0.1, 0.15) is 29.2 Å². The van der Waals surface area contributed by atoms with Crippen LogP contribution in [-0.4, -0.2) is 4.57 Å². The van der Waals surface area contributed by atoms with E-state index in [1.54, 1.807) is 0 Å². The highest BCUT2D eigenvalue weighted by atomic mass is 16.3. The molecule has 0 spiro atoms. The van der Waals surface area contributed by atoms with Crippen LogP contribution in [0.25, 0.3) is 71.7 Å². The van der Waals surface area contributed by atoms with Crippen molar-refractivity contribution >= 4 is 66.5 Å². The van der Waals surface area contributed by atoms with Crippen LogP contribution in [0.5, 0.6) is 0 Å². The second kappa shape index (κ2) is 15.4. The van der Waals surface area contributed by atoms with Gasteiger partial charge in [-0.2, -0.15) is 0 Å². The first kappa shape index (κ1) is 38.3. The molecule has 0 saturated carbocycles. The fourth-order valence-electron chi connectivity index (χ4n) is 10.6. The highest BCUT2D eigenvalue weighted by Gasteiger charge is 2.46. The molecule has 0 unspecified atom stereocenters. The van der Waals surface area contributed by atoms with Crippen molar-refractivity contribution in [2.75, 3.05) is 4.90 Å². The topological polar surface area (TPSA) is 21.3 Å². The van der Waals surface area contributed by atoms with Crippen LogP contribution in [0, 0.1) is 0 Å². The van der Waals surface area contributed by atoms with Gasteiger partial charge in [0.2, 0.25) is 0 Å². The molecule has 1 aliphatic rings. The lowest BCUT2D eigenvalue weighted by Gasteiger charge is -2.35. The Morgan fingerprint density at radius 1 is 0.492 bits per heavy atom. The number of aromatic nitrogens is 1. The first-order valence-corrected chi connectivity index (χ1v) is 22.3. The van der Waals surface area contributed by atoms with Crippen LogP contribution in [0.4, 0.5) is 17.1 Å². The Labute approximate surface area is 378 Å². The van der Waals surface area contributed by atoms with Crippen LogP contribution in [0.3, 0.4) is 0 Å². The third-order valence-corrected chi connectivity index (χ3v) is 13.4. The Hall–Kier alpha value is -8.40. The highest BCUT2D eigenvalue weighted by Crippen LogP contribution is 2.57. The molecule has 11 aromatic rings. The molecule has 2 heterocycles. The molecule has 308 valence electrons. The van der Waals surface area contributed by atoms with Crippen LogP contribution in [-0.2, 0) is 5.41 Å². The molecular weight excluding hydrogens is 789 g/mol. The van der Waals surface area contributed by atoms with E-state index in [1.807, 2.05) is 24.3 Å². The first-order valence-electron chi connectivity index (χ1n) is 22.3. The Kier molecular flexibility index (Phi) is 9.10. The summed E-state index contributed by atoms with van der Waals surface area (Å²) in [6.07, 6.45) is 8.09. The van der Waals surface area contributed by atoms with Crippen molar-refractivity contribution in [3.63, 3.8) is 0 Å². The monoisotopic (exact) mass is 832 g/mol. The van der Waals surface area contributed by atoms with E-state index in [-0.39, 0.29) is 0 Å². The van der Waals surface area contributed by atoms with Crippen molar-refractivity contribution < 1.29 is 4.42 Å². The molecule has 0 radical (unpaired) electrons. The van der Waals surface area contributed by atoms with Crippen molar-refractivity contribution in [2.24, 2.45) is 0 Å². The molecule has 9 aromatic carbocycles. The number of benzene rings is 9. The van der Waals surface area contributed by atoms with Gasteiger partial charge in [-0.05, 0) is 118 Å². The molecule has 1 aliphatic carbocycles. The summed E-state index contributed by atoms with van der Waals surface area (Å²) in [6.45, 7) is 5.99. The summed E-state index contributed by atoms with van der Waals surface area (Å²) in [6, 6.07) is 77.5. The van der Waals surface area contributed by atoms with Crippen LogP contribution >= 0.6 is 0 Å². The molecule has 12 rings (SSSR count). The molecule has 0 bridgehead atoms. The standard InChI is InChI=1S/C62H44N2O/c1-3-5-22-46(4-2)64-58-27-16-13-24-52(58)55-39-43(31-38-59(55)64)42-29-32-47(33-30-42)63(49-35-37-54-53-25-14-17-28-60(53)65-61(54)41-49)48-34-36-51-50-23-12-15-26-56(50)62(57(51)40-48,44-18-8-6-9-19-44)45-20-10-7-11-21-45/h3-41H,1H2,2H3/b22-5-,46-4+. The van der Waals surface area contributed by atoms with E-state index in [1.165, 1.54) is 55.2 Å². The van der Waals surface area contributed by atoms with Crippen molar-refractivity contribution in [1.29, 1.82) is 0 Å². The summed E-state index contributed by atoms with van der Waals surface area (Å²) < 4.78 is 8.87. The molecule has 0 aliphatic heterocycles. The van der Waals surface area contributed by atoms with Crippen LogP contribution in [0.15, 0.2) is 248 Å². The van der Waals surface area contributed by atoms with Gasteiger partial charge in [0, 0.05) is 50.4 Å². The van der Waals surface area contributed by atoms with Crippen molar-refractivity contribution in [1.82, 2.24) is 4.57 Å². The summed E-state index contributed by atoms with van der Waals surface area (Å²) in [5.74, 6) is 0. The van der Waals surface area contributed by atoms with Gasteiger partial charge in [-0.1, -0.05) is 170 Å². The number of allylic oxidation sites excluding steroid dienone is 5. The number of fused-ring (bicyclic) bond motifs is 9. The third kappa shape index (κ3) is 5.97. The molecule has 0 saturated heterocycles. The zero-order valence-electron chi connectivity index (χ0n) is 36.0. The predicted octanol–water partition coefficient (Wildman–Crippen LogP) is 16.8. The summed E-state index contributed by atoms with van der Waals surface area (Å²) in [5.41, 5.74) is 17.6. The average molecular weight is 833 g/mol. The van der Waals surface area contributed by atoms with E-state index in [0.717, 1.165) is 55.8 Å². The molecule has 0 fully saturated rings. The molecule has 65 heavy (non-hydrogen) atoms. The van der Waals surface area contributed by atoms with Crippen molar-refractivity contribution in [2.45, 2.75) is 12.3 Å². The quantitative estimate of drug-likeness (QED) is 0.135. The van der Waals surface area contributed by atoms with E-state index in [9.17, 15) is 0 Å². The summed E-state index contributed by atoms with van der Waals surface area (Å²) >= 11 is 0. The van der Waals surface area contributed by atoms with Crippen molar-refractivity contribution in [3.8, 4) is 22.3 Å². The van der Waals surface area contributed by atoms with Crippen LogP contribution in [0.2, 0.25) is 0 Å². The smallest absolute Gasteiger partial charge is 0.137 e. The van der Waals surface area contributed by atoms with E-state index in [2.05, 4.69) is 235 Å². The molecule has 3 nitrogen and oxygen atoms in total. The molecule has 2 aromatic heterocycles. The van der Waals surface area contributed by atoms with Gasteiger partial charge in [-0.3, -0.25) is 0 Å². The summed E-state index contributed by atoms with van der Waals surface area (Å²) in [4.78, 5) is 2.38. The Balaban J connectivity index is 1.04. The van der Waals surface area contributed by atoms with Gasteiger partial charge in [0.25, 0.3) is 0 Å². The minimum Gasteiger partial charge on any atom is -0.456 e. The fourth-order valence-corrected chi connectivity index (χ4v) is 10.6. The normalized spacial score (nSPS) is 13.2. The van der Waals surface area contributed by atoms with Gasteiger partial charge in [0.05, 0.1) is 16.4 Å². The zero-order chi connectivity index (χ0) is 43.5. The van der Waals surface area contributed by atoms with Crippen molar-refractivity contribution in [3.05, 3.63) is 265 Å². The zero-order valence-corrected chi connectivity index (χ0v) is 36.0. The molecule has 0 atom stereocenters. The average Bonchev–Trinajstić information content (AvgIpc) is 4.01. The predicted molar refractivity (Wildman–Crippen MR) is 273 cm³/mol. The maximum Gasteiger partial charge on any atom is 0.137 e. The fraction of sp³-hybridized carbons (Fsp3) is 0.0323. The SMILES string of the molecule is C=C/C=C\C(=C/C)n1c2ccccc2c2cc(-c3ccc(N(c4ccc5c(c4)C(c4ccccc4)(c4ccccc4)c4ccccc4-5)c4ccc5c(c4)oc4ccccc45)cc3)ccc21. The minimum absolute atomic E-state index is 0.528. The van der Waals surface area contributed by atoms with Gasteiger partial charge in [-0.25, -0.2) is 0 Å². The third-order valence-electron chi connectivity index (χ3n) is 13.4. The van der Waals surface area contributed by atoms with Gasteiger partial charge in [-0.15, -0.1) is 0 Å². The largest absolute Gasteiger partial charge is 0.456 e. The lowest BCUT2D eigenvalue weighted by Crippen LogP contribution is -2.28. The lowest BCUT2D eigenvalue weighted by molar-refractivity contribution is 0.669. The number of rotatable bonds is 9. The second-order valence-corrected chi connectivity index (χ2v) is 16.8. The Morgan fingerprint density at radius 2 is 1.09 bits per heavy atom. The number of para-hydroxylation sites is 2. The lowest BCUT2D eigenvalue weighted by atomic mass is 9.67. The molecule has 0 amide bonds. The maximum atomic E-state index is 6.53. The van der Waals surface area contributed by atoms with Gasteiger partial charge in [0.15, 0.2) is 0 Å². The van der Waals surface area contributed by atoms with E-state index in [0.29, 0.717) is 0 Å². The van der Waals surface area contributed by atoms with E-state index < -0.39 is 5.41 Å². The summed E-state index contributed by atoms with van der Waals surface area (Å²) in [7, 11) is 0. The van der Waals surface area contributed by atoms with Crippen LogP contribution < -0.4 is 4.90 Å². The molecule has 0 N–H and O–H groups in total. The number of hydrogen-bond donors (Lipinski definition) is 0. The highest BCUT2D eigenvalue weighted by molar-refractivity contribution is 6.12.